The van der Waals surface area contributed by atoms with Crippen LogP contribution < -0.4 is 9.47 Å². The molecule has 0 amide bonds. The molecule has 1 aromatic heterocycles. The van der Waals surface area contributed by atoms with Gasteiger partial charge in [-0.25, -0.2) is 4.98 Å². The van der Waals surface area contributed by atoms with Crippen molar-refractivity contribution < 1.29 is 19.7 Å². The predicted octanol–water partition coefficient (Wildman–Crippen LogP) is 4.31. The Kier molecular flexibility index (Phi) is 8.57. The Hall–Kier alpha value is -2.58. The third-order valence-corrected chi connectivity index (χ3v) is 7.37. The number of piperidine rings is 1. The summed E-state index contributed by atoms with van der Waals surface area (Å²) in [5, 5.41) is 22.6. The Bertz CT molecular complexity index is 1140. The van der Waals surface area contributed by atoms with E-state index >= 15 is 0 Å². The molecule has 1 fully saturated rings. The molecule has 0 radical (unpaired) electrons. The molecule has 3 aromatic rings. The van der Waals surface area contributed by atoms with Crippen molar-refractivity contribution in [3.8, 4) is 11.5 Å². The van der Waals surface area contributed by atoms with E-state index < -0.39 is 11.7 Å². The lowest BCUT2D eigenvalue weighted by Crippen LogP contribution is -2.59. The molecule has 0 saturated carbocycles. The normalized spacial score (nSPS) is 20.4. The molecule has 0 aliphatic carbocycles. The van der Waals surface area contributed by atoms with Crippen LogP contribution in [0.2, 0.25) is 5.02 Å². The highest BCUT2D eigenvalue weighted by Gasteiger charge is 2.42. The van der Waals surface area contributed by atoms with Gasteiger partial charge in [-0.05, 0) is 74.6 Å². The Balaban J connectivity index is 1.30. The molecule has 2 aromatic carbocycles. The number of hydrogen-bond donors (Lipinski definition) is 2. The summed E-state index contributed by atoms with van der Waals surface area (Å²) in [7, 11) is 0. The average molecular weight is 514 g/mol. The van der Waals surface area contributed by atoms with E-state index in [1.54, 1.807) is 0 Å². The smallest absolute Gasteiger partial charge is 0.137 e. The molecule has 2 atom stereocenters. The third kappa shape index (κ3) is 6.59. The lowest BCUT2D eigenvalue weighted by atomic mass is 9.90. The Morgan fingerprint density at radius 1 is 1.11 bits per heavy atom. The lowest BCUT2D eigenvalue weighted by molar-refractivity contribution is -0.140. The van der Waals surface area contributed by atoms with Crippen molar-refractivity contribution >= 4 is 11.6 Å². The number of β-amino-alcohol motifs (C(OH)–C–C–N with tert-alkyl or cyclic N) is 1. The molecule has 36 heavy (non-hydrogen) atoms. The van der Waals surface area contributed by atoms with Gasteiger partial charge in [-0.1, -0.05) is 23.7 Å². The van der Waals surface area contributed by atoms with Crippen LogP contribution in [-0.4, -0.2) is 62.7 Å². The van der Waals surface area contributed by atoms with Crippen molar-refractivity contribution in [2.75, 3.05) is 26.3 Å². The van der Waals surface area contributed by atoms with Gasteiger partial charge in [-0.15, -0.1) is 0 Å². The molecule has 1 aliphatic rings. The van der Waals surface area contributed by atoms with Gasteiger partial charge in [0.1, 0.15) is 29.5 Å². The molecule has 0 spiro atoms. The van der Waals surface area contributed by atoms with Crippen LogP contribution in [0.15, 0.2) is 48.8 Å². The minimum Gasteiger partial charge on any atom is -0.494 e. The van der Waals surface area contributed by atoms with Gasteiger partial charge in [0.05, 0.1) is 12.7 Å². The Labute approximate surface area is 218 Å². The number of aliphatic hydroxyl groups excluding tert-OH is 1. The fraction of sp³-hybridized carbons (Fsp3) is 0.464. The molecule has 194 valence electrons. The largest absolute Gasteiger partial charge is 0.494 e. The van der Waals surface area contributed by atoms with Crippen LogP contribution in [0.4, 0.5) is 0 Å². The van der Waals surface area contributed by atoms with Crippen LogP contribution in [0, 0.1) is 20.8 Å². The van der Waals surface area contributed by atoms with E-state index in [9.17, 15) is 10.2 Å². The maximum absolute atomic E-state index is 11.3. The monoisotopic (exact) mass is 513 g/mol. The van der Waals surface area contributed by atoms with E-state index in [-0.39, 0.29) is 6.61 Å². The summed E-state index contributed by atoms with van der Waals surface area (Å²) in [6, 6.07) is 11.8. The van der Waals surface area contributed by atoms with E-state index in [0.717, 1.165) is 41.2 Å². The Morgan fingerprint density at radius 3 is 2.61 bits per heavy atom. The maximum atomic E-state index is 11.3. The number of rotatable bonds is 10. The highest BCUT2D eigenvalue weighted by Crippen LogP contribution is 2.29. The molecule has 7 nitrogen and oxygen atoms in total. The molecule has 1 saturated heterocycles. The number of hydrogen-bond acceptors (Lipinski definition) is 6. The predicted molar refractivity (Wildman–Crippen MR) is 141 cm³/mol. The SMILES string of the molecule is Cc1cc(OC[C@@]2(O)CN(Cc3cccc(OCCCn4ccnc4C)c3)CC[C@@H]2O)cc(C)c1Cl. The molecular weight excluding hydrogens is 478 g/mol. The topological polar surface area (TPSA) is 80.0 Å². The zero-order valence-corrected chi connectivity index (χ0v) is 22.0. The summed E-state index contributed by atoms with van der Waals surface area (Å²) in [5.74, 6) is 2.48. The van der Waals surface area contributed by atoms with Gasteiger partial charge in [0.15, 0.2) is 0 Å². The van der Waals surface area contributed by atoms with Gasteiger partial charge in [0.2, 0.25) is 0 Å². The van der Waals surface area contributed by atoms with Crippen molar-refractivity contribution in [3.63, 3.8) is 0 Å². The molecular formula is C28H36ClN3O4. The second-order valence-corrected chi connectivity index (χ2v) is 10.2. The molecule has 1 aliphatic heterocycles. The van der Waals surface area contributed by atoms with Gasteiger partial charge in [-0.2, -0.15) is 0 Å². The number of aryl methyl sites for hydroxylation is 4. The molecule has 0 bridgehead atoms. The van der Waals surface area contributed by atoms with E-state index in [1.807, 2.05) is 63.5 Å². The van der Waals surface area contributed by atoms with E-state index in [0.29, 0.717) is 43.4 Å². The Morgan fingerprint density at radius 2 is 1.89 bits per heavy atom. The highest BCUT2D eigenvalue weighted by molar-refractivity contribution is 6.32. The minimum atomic E-state index is -1.36. The van der Waals surface area contributed by atoms with Crippen molar-refractivity contribution in [1.29, 1.82) is 0 Å². The first kappa shape index (κ1) is 26.5. The van der Waals surface area contributed by atoms with Crippen LogP contribution >= 0.6 is 11.6 Å². The second-order valence-electron chi connectivity index (χ2n) is 9.80. The van der Waals surface area contributed by atoms with Crippen molar-refractivity contribution in [2.24, 2.45) is 0 Å². The molecule has 2 heterocycles. The first-order chi connectivity index (χ1) is 17.2. The van der Waals surface area contributed by atoms with Gasteiger partial charge >= 0.3 is 0 Å². The maximum Gasteiger partial charge on any atom is 0.137 e. The van der Waals surface area contributed by atoms with Gasteiger partial charge < -0.3 is 24.3 Å². The highest BCUT2D eigenvalue weighted by atomic mass is 35.5. The summed E-state index contributed by atoms with van der Waals surface area (Å²) in [6.07, 6.45) is 4.31. The summed E-state index contributed by atoms with van der Waals surface area (Å²) in [5.41, 5.74) is 1.58. The van der Waals surface area contributed by atoms with Gasteiger partial charge in [0.25, 0.3) is 0 Å². The number of aromatic nitrogens is 2. The first-order valence-corrected chi connectivity index (χ1v) is 12.8. The fourth-order valence-electron chi connectivity index (χ4n) is 4.68. The number of imidazole rings is 1. The van der Waals surface area contributed by atoms with Crippen molar-refractivity contribution in [3.05, 3.63) is 76.3 Å². The van der Waals surface area contributed by atoms with Gasteiger partial charge in [-0.3, -0.25) is 4.90 Å². The molecule has 8 heteroatoms. The number of benzene rings is 2. The first-order valence-electron chi connectivity index (χ1n) is 12.5. The number of likely N-dealkylation sites (tertiary alicyclic amines) is 1. The van der Waals surface area contributed by atoms with Crippen LogP contribution in [0.5, 0.6) is 11.5 Å². The fourth-order valence-corrected chi connectivity index (χ4v) is 4.79. The summed E-state index contributed by atoms with van der Waals surface area (Å²) < 4.78 is 14.0. The minimum absolute atomic E-state index is 0.00468. The van der Waals surface area contributed by atoms with Crippen LogP contribution in [0.3, 0.4) is 0 Å². The third-order valence-electron chi connectivity index (χ3n) is 6.78. The molecule has 0 unspecified atom stereocenters. The van der Waals surface area contributed by atoms with E-state index in [4.69, 9.17) is 21.1 Å². The molecule has 2 N–H and O–H groups in total. The average Bonchev–Trinajstić information content (AvgIpc) is 3.26. The van der Waals surface area contributed by atoms with E-state index in [2.05, 4.69) is 20.5 Å². The van der Waals surface area contributed by atoms with Gasteiger partial charge in [0, 0.05) is 43.6 Å². The van der Waals surface area contributed by atoms with Crippen molar-refractivity contribution in [1.82, 2.24) is 14.5 Å². The van der Waals surface area contributed by atoms with Crippen LogP contribution in [-0.2, 0) is 13.1 Å². The summed E-state index contributed by atoms with van der Waals surface area (Å²) >= 11 is 6.25. The van der Waals surface area contributed by atoms with Crippen molar-refractivity contribution in [2.45, 2.75) is 58.4 Å². The van der Waals surface area contributed by atoms with E-state index in [1.165, 1.54) is 0 Å². The quantitative estimate of drug-likeness (QED) is 0.393. The van der Waals surface area contributed by atoms with Crippen LogP contribution in [0.1, 0.15) is 35.4 Å². The summed E-state index contributed by atoms with van der Waals surface area (Å²) in [4.78, 5) is 6.39. The zero-order chi connectivity index (χ0) is 25.7. The standard InChI is InChI=1S/C28H36ClN3O4/c1-20-14-25(15-21(2)27(20)29)36-19-28(34)18-31(11-8-26(28)33)17-23-6-4-7-24(16-23)35-13-5-10-32-12-9-30-22(32)3/h4,6-7,9,12,14-16,26,33-34H,5,8,10-11,13,17-19H2,1-3H3/t26-,28-/m0/s1. The number of ether oxygens (including phenoxy) is 2. The zero-order valence-electron chi connectivity index (χ0n) is 21.3. The second kappa shape index (κ2) is 11.6. The number of nitrogens with zero attached hydrogens (tertiary/aromatic N) is 3. The lowest BCUT2D eigenvalue weighted by Gasteiger charge is -2.42. The number of halogens is 1. The molecule has 4 rings (SSSR count). The van der Waals surface area contributed by atoms with Crippen LogP contribution in [0.25, 0.3) is 0 Å². The summed E-state index contributed by atoms with van der Waals surface area (Å²) in [6.45, 7) is 9.00. The number of aliphatic hydroxyl groups is 2.